The van der Waals surface area contributed by atoms with E-state index in [-0.39, 0.29) is 6.54 Å². The fourth-order valence-electron chi connectivity index (χ4n) is 2.04. The second-order valence-corrected chi connectivity index (χ2v) is 4.66. The highest BCUT2D eigenvalue weighted by Gasteiger charge is 2.09. The first kappa shape index (κ1) is 15.3. The van der Waals surface area contributed by atoms with Gasteiger partial charge in [-0.25, -0.2) is 8.78 Å². The Hall–Kier alpha value is -2.14. The van der Waals surface area contributed by atoms with E-state index in [2.05, 4.69) is 5.32 Å². The zero-order chi connectivity index (χ0) is 15.2. The van der Waals surface area contributed by atoms with Crippen molar-refractivity contribution in [2.45, 2.75) is 13.0 Å². The van der Waals surface area contributed by atoms with Gasteiger partial charge >= 0.3 is 0 Å². The molecule has 0 bridgehead atoms. The predicted octanol–water partition coefficient (Wildman–Crippen LogP) is 3.47. The largest absolute Gasteiger partial charge is 0.503 e. The molecule has 0 aromatic heterocycles. The molecule has 2 aromatic rings. The van der Waals surface area contributed by atoms with E-state index in [1.165, 1.54) is 0 Å². The van der Waals surface area contributed by atoms with E-state index in [0.29, 0.717) is 12.2 Å². The van der Waals surface area contributed by atoms with Gasteiger partial charge in [0.15, 0.2) is 17.4 Å². The molecular formula is C16H17F2NO2. The van der Waals surface area contributed by atoms with E-state index in [1.54, 1.807) is 7.11 Å². The Morgan fingerprint density at radius 1 is 1.14 bits per heavy atom. The number of nitrogens with one attached hydrogen (secondary N) is 1. The van der Waals surface area contributed by atoms with E-state index in [4.69, 9.17) is 9.84 Å². The maximum absolute atomic E-state index is 13.3. The van der Waals surface area contributed by atoms with Gasteiger partial charge in [0.25, 0.3) is 0 Å². The van der Waals surface area contributed by atoms with Crippen LogP contribution >= 0.6 is 0 Å². The molecule has 0 spiro atoms. The number of halogens is 2. The van der Waals surface area contributed by atoms with Gasteiger partial charge in [-0.1, -0.05) is 18.2 Å². The van der Waals surface area contributed by atoms with Gasteiger partial charge in [0, 0.05) is 19.3 Å². The van der Waals surface area contributed by atoms with Gasteiger partial charge in [0.05, 0.1) is 6.61 Å². The molecule has 0 amide bonds. The fraction of sp³-hybridized carbons (Fsp3) is 0.250. The molecule has 2 aromatic carbocycles. The molecule has 5 heteroatoms. The van der Waals surface area contributed by atoms with Crippen LogP contribution in [0, 0.1) is 11.6 Å². The van der Waals surface area contributed by atoms with Gasteiger partial charge < -0.3 is 15.2 Å². The highest BCUT2D eigenvalue weighted by Crippen LogP contribution is 2.23. The van der Waals surface area contributed by atoms with Crippen LogP contribution in [0.4, 0.5) is 14.5 Å². The van der Waals surface area contributed by atoms with Crippen molar-refractivity contribution in [3.8, 4) is 5.75 Å². The first-order valence-electron chi connectivity index (χ1n) is 6.59. The summed E-state index contributed by atoms with van der Waals surface area (Å²) in [6.45, 7) is 0.860. The number of aromatic hydroxyl groups is 1. The number of hydrogen-bond acceptors (Lipinski definition) is 3. The molecule has 0 aliphatic heterocycles. The normalized spacial score (nSPS) is 10.6. The minimum Gasteiger partial charge on any atom is -0.503 e. The van der Waals surface area contributed by atoms with Crippen LogP contribution in [0.15, 0.2) is 36.4 Å². The first-order chi connectivity index (χ1) is 10.1. The lowest BCUT2D eigenvalue weighted by Gasteiger charge is -2.12. The van der Waals surface area contributed by atoms with Gasteiger partial charge in [-0.2, -0.15) is 0 Å². The number of rotatable bonds is 6. The minimum absolute atomic E-state index is 0.262. The second kappa shape index (κ2) is 7.04. The molecular weight excluding hydrogens is 276 g/mol. The molecule has 3 nitrogen and oxygen atoms in total. The summed E-state index contributed by atoms with van der Waals surface area (Å²) >= 11 is 0. The van der Waals surface area contributed by atoms with E-state index in [0.717, 1.165) is 29.8 Å². The Morgan fingerprint density at radius 3 is 2.48 bits per heavy atom. The number of phenolic OH excluding ortho intramolecular Hbond substituents is 1. The summed E-state index contributed by atoms with van der Waals surface area (Å²) in [5, 5.41) is 12.2. The number of ether oxygens (including phenoxy) is 1. The molecule has 0 aliphatic rings. The zero-order valence-electron chi connectivity index (χ0n) is 11.7. The number of phenols is 1. The summed E-state index contributed by atoms with van der Waals surface area (Å²) in [7, 11) is 1.64. The highest BCUT2D eigenvalue weighted by molar-refractivity contribution is 5.51. The van der Waals surface area contributed by atoms with Crippen molar-refractivity contribution in [1.29, 1.82) is 0 Å². The maximum atomic E-state index is 13.3. The van der Waals surface area contributed by atoms with Crippen molar-refractivity contribution in [2.24, 2.45) is 0 Å². The summed E-state index contributed by atoms with van der Waals surface area (Å²) in [6, 6.07) is 9.91. The lowest BCUT2D eigenvalue weighted by molar-refractivity contribution is 0.202. The summed E-state index contributed by atoms with van der Waals surface area (Å²) in [5.74, 6) is -2.86. The van der Waals surface area contributed by atoms with Crippen molar-refractivity contribution in [1.82, 2.24) is 0 Å². The number of methoxy groups -OCH3 is 1. The van der Waals surface area contributed by atoms with Crippen LogP contribution in [0.2, 0.25) is 0 Å². The third-order valence-corrected chi connectivity index (χ3v) is 3.15. The van der Waals surface area contributed by atoms with E-state index in [1.807, 2.05) is 24.3 Å². The SMILES string of the molecule is COCCc1ccccc1NCc1cc(F)c(O)c(F)c1. The van der Waals surface area contributed by atoms with Crippen LogP contribution in [0.5, 0.6) is 5.75 Å². The van der Waals surface area contributed by atoms with Crippen molar-refractivity contribution in [2.75, 3.05) is 19.0 Å². The van der Waals surface area contributed by atoms with E-state index < -0.39 is 17.4 Å². The van der Waals surface area contributed by atoms with Crippen molar-refractivity contribution < 1.29 is 18.6 Å². The Labute approximate surface area is 122 Å². The Morgan fingerprint density at radius 2 is 1.81 bits per heavy atom. The van der Waals surface area contributed by atoms with Crippen molar-refractivity contribution >= 4 is 5.69 Å². The molecule has 2 rings (SSSR count). The van der Waals surface area contributed by atoms with Gasteiger partial charge in [0.2, 0.25) is 0 Å². The third-order valence-electron chi connectivity index (χ3n) is 3.15. The van der Waals surface area contributed by atoms with Gasteiger partial charge in [0.1, 0.15) is 0 Å². The van der Waals surface area contributed by atoms with Crippen LogP contribution in [-0.2, 0) is 17.7 Å². The van der Waals surface area contributed by atoms with Crippen LogP contribution in [0.25, 0.3) is 0 Å². The molecule has 0 unspecified atom stereocenters. The average molecular weight is 293 g/mol. The minimum atomic E-state index is -0.959. The fourth-order valence-corrected chi connectivity index (χ4v) is 2.04. The third kappa shape index (κ3) is 3.92. The molecule has 0 saturated carbocycles. The van der Waals surface area contributed by atoms with Crippen molar-refractivity contribution in [3.05, 3.63) is 59.2 Å². The predicted molar refractivity (Wildman–Crippen MR) is 77.4 cm³/mol. The topological polar surface area (TPSA) is 41.5 Å². The summed E-state index contributed by atoms with van der Waals surface area (Å²) in [4.78, 5) is 0. The molecule has 0 saturated heterocycles. The molecule has 0 aliphatic carbocycles. The Kier molecular flexibility index (Phi) is 5.11. The van der Waals surface area contributed by atoms with Crippen LogP contribution in [0.1, 0.15) is 11.1 Å². The molecule has 2 N–H and O–H groups in total. The smallest absolute Gasteiger partial charge is 0.187 e. The van der Waals surface area contributed by atoms with Crippen LogP contribution in [0.3, 0.4) is 0 Å². The first-order valence-corrected chi connectivity index (χ1v) is 6.59. The second-order valence-electron chi connectivity index (χ2n) is 4.66. The number of benzene rings is 2. The van der Waals surface area contributed by atoms with Gasteiger partial charge in [-0.3, -0.25) is 0 Å². The average Bonchev–Trinajstić information content (AvgIpc) is 2.49. The van der Waals surface area contributed by atoms with E-state index in [9.17, 15) is 8.78 Å². The monoisotopic (exact) mass is 293 g/mol. The summed E-state index contributed by atoms with van der Waals surface area (Å²) in [6.07, 6.45) is 0.748. The Bertz CT molecular complexity index is 594. The number of hydrogen-bond donors (Lipinski definition) is 2. The molecule has 21 heavy (non-hydrogen) atoms. The lowest BCUT2D eigenvalue weighted by atomic mass is 10.1. The number of para-hydroxylation sites is 1. The highest BCUT2D eigenvalue weighted by atomic mass is 19.1. The van der Waals surface area contributed by atoms with E-state index >= 15 is 0 Å². The number of anilines is 1. The standard InChI is InChI=1S/C16H17F2NO2/c1-21-7-6-12-4-2-3-5-15(12)19-10-11-8-13(17)16(20)14(18)9-11/h2-5,8-9,19-20H,6-7,10H2,1H3. The molecule has 0 atom stereocenters. The van der Waals surface area contributed by atoms with Gasteiger partial charge in [-0.05, 0) is 35.7 Å². The maximum Gasteiger partial charge on any atom is 0.187 e. The van der Waals surface area contributed by atoms with Crippen LogP contribution in [-0.4, -0.2) is 18.8 Å². The molecule has 0 fully saturated rings. The molecule has 0 radical (unpaired) electrons. The molecule has 0 heterocycles. The quantitative estimate of drug-likeness (QED) is 0.857. The zero-order valence-corrected chi connectivity index (χ0v) is 11.7. The molecule has 112 valence electrons. The summed E-state index contributed by atoms with van der Waals surface area (Å²) in [5.41, 5.74) is 2.38. The van der Waals surface area contributed by atoms with Crippen LogP contribution < -0.4 is 5.32 Å². The van der Waals surface area contributed by atoms with Gasteiger partial charge in [-0.15, -0.1) is 0 Å². The Balaban J connectivity index is 2.09. The van der Waals surface area contributed by atoms with Crippen molar-refractivity contribution in [3.63, 3.8) is 0 Å². The lowest BCUT2D eigenvalue weighted by Crippen LogP contribution is -2.05. The summed E-state index contributed by atoms with van der Waals surface area (Å²) < 4.78 is 31.6.